The van der Waals surface area contributed by atoms with Gasteiger partial charge in [-0.1, -0.05) is 77.0 Å². The highest BCUT2D eigenvalue weighted by atomic mass is 35.5. The van der Waals surface area contributed by atoms with E-state index in [0.29, 0.717) is 12.1 Å². The lowest BCUT2D eigenvalue weighted by Gasteiger charge is -2.39. The highest BCUT2D eigenvalue weighted by molar-refractivity contribution is 7.21. The van der Waals surface area contributed by atoms with Gasteiger partial charge in [-0.05, 0) is 56.3 Å². The lowest BCUT2D eigenvalue weighted by Crippen LogP contribution is -2.53. The number of hydrogen-bond acceptors (Lipinski definition) is 3. The van der Waals surface area contributed by atoms with Crippen LogP contribution in [0.15, 0.2) is 47.7 Å². The molecular weight excluding hydrogens is 456 g/mol. The Labute approximate surface area is 200 Å². The molecule has 2 aromatic heterocycles. The zero-order chi connectivity index (χ0) is 22.4. The highest BCUT2D eigenvalue weighted by Crippen LogP contribution is 2.55. The Morgan fingerprint density at radius 1 is 1.06 bits per heavy atom. The number of benzene rings is 1. The Balaban J connectivity index is 2.01. The normalized spacial score (nSPS) is 13.9. The molecule has 1 aliphatic carbocycles. The summed E-state index contributed by atoms with van der Waals surface area (Å²) in [5.41, 5.74) is 4.80. The fraction of sp³-hybridized carbons (Fsp3) is 0.385. The second-order valence-electron chi connectivity index (χ2n) is 9.39. The summed E-state index contributed by atoms with van der Waals surface area (Å²) in [6.45, 7) is 15.9. The van der Waals surface area contributed by atoms with Crippen LogP contribution in [0.4, 0.5) is 0 Å². The number of ether oxygens (including phenoxy) is 1. The molecule has 3 aromatic rings. The number of hydrogen-bond donors (Lipinski definition) is 0. The van der Waals surface area contributed by atoms with Gasteiger partial charge in [-0.3, -0.25) is 0 Å². The molecule has 31 heavy (non-hydrogen) atoms. The van der Waals surface area contributed by atoms with Crippen molar-refractivity contribution in [2.24, 2.45) is 0 Å². The van der Waals surface area contributed by atoms with Crippen LogP contribution in [-0.4, -0.2) is 14.7 Å². The van der Waals surface area contributed by atoms with Gasteiger partial charge in [-0.15, -0.1) is 22.7 Å². The fourth-order valence-electron chi connectivity index (χ4n) is 5.10. The van der Waals surface area contributed by atoms with Crippen molar-refractivity contribution in [2.75, 3.05) is 6.61 Å². The average Bonchev–Trinajstić information content (AvgIpc) is 3.43. The quantitative estimate of drug-likeness (QED) is 0.240. The minimum absolute atomic E-state index is 0.0216. The van der Waals surface area contributed by atoms with Crippen molar-refractivity contribution in [2.45, 2.75) is 57.7 Å². The molecule has 0 spiro atoms. The molecule has 0 aliphatic heterocycles. The Morgan fingerprint density at radius 2 is 1.65 bits per heavy atom. The van der Waals surface area contributed by atoms with E-state index in [1.807, 2.05) is 28.7 Å². The largest absolute Gasteiger partial charge is 0.488 e. The van der Waals surface area contributed by atoms with E-state index in [4.69, 9.17) is 16.3 Å². The molecule has 0 radical (unpaired) electrons. The zero-order valence-corrected chi connectivity index (χ0v) is 22.4. The van der Waals surface area contributed by atoms with Crippen LogP contribution in [0.2, 0.25) is 17.1 Å². The second kappa shape index (κ2) is 8.55. The molecule has 5 heteroatoms. The summed E-state index contributed by atoms with van der Waals surface area (Å²) in [6.07, 6.45) is 1.81. The molecule has 0 N–H and O–H groups in total. The third-order valence-electron chi connectivity index (χ3n) is 6.83. The highest BCUT2D eigenvalue weighted by Gasteiger charge is 2.49. The van der Waals surface area contributed by atoms with Crippen molar-refractivity contribution in [3.8, 4) is 15.5 Å². The van der Waals surface area contributed by atoms with Crippen LogP contribution in [0.1, 0.15) is 56.9 Å². The summed E-state index contributed by atoms with van der Waals surface area (Å²) in [6, 6.07) is 11.6. The van der Waals surface area contributed by atoms with Gasteiger partial charge < -0.3 is 4.74 Å². The summed E-state index contributed by atoms with van der Waals surface area (Å²) < 4.78 is 6.28. The summed E-state index contributed by atoms with van der Waals surface area (Å²) in [5, 5.41) is 6.63. The molecule has 4 rings (SSSR count). The first-order valence-electron chi connectivity index (χ1n) is 11.0. The molecule has 164 valence electrons. The van der Waals surface area contributed by atoms with Crippen molar-refractivity contribution >= 4 is 47.5 Å². The van der Waals surface area contributed by atoms with Gasteiger partial charge in [0.2, 0.25) is 0 Å². The molecule has 1 nitrogen and oxygen atoms in total. The minimum Gasteiger partial charge on any atom is -0.488 e. The number of rotatable bonds is 7. The number of halogens is 1. The summed E-state index contributed by atoms with van der Waals surface area (Å²) in [4.78, 5) is 2.95. The van der Waals surface area contributed by atoms with E-state index >= 15 is 0 Å². The molecule has 0 saturated heterocycles. The van der Waals surface area contributed by atoms with Crippen LogP contribution in [-0.2, 0) is 5.41 Å². The van der Waals surface area contributed by atoms with Crippen molar-refractivity contribution in [1.29, 1.82) is 0 Å². The van der Waals surface area contributed by atoms with Gasteiger partial charge in [-0.25, -0.2) is 0 Å². The third kappa shape index (κ3) is 3.66. The standard InChI is InChI=1S/C26H31ClOS2Si/c1-7-12-28-22-20(27)15-17(26(4,5)6)16-21(22)31(8-2,9-3)25-18-10-13-29-23(18)24-19(25)11-14-30-24/h7,10-11,13-16,25H,1,8-9,12H2,2-6H3. The van der Waals surface area contributed by atoms with Crippen LogP contribution in [0.3, 0.4) is 0 Å². The van der Waals surface area contributed by atoms with Crippen molar-refractivity contribution < 1.29 is 4.74 Å². The van der Waals surface area contributed by atoms with Crippen molar-refractivity contribution in [1.82, 2.24) is 0 Å². The van der Waals surface area contributed by atoms with Crippen molar-refractivity contribution in [3.05, 3.63) is 69.4 Å². The maximum atomic E-state index is 6.93. The molecule has 1 aliphatic rings. The summed E-state index contributed by atoms with van der Waals surface area (Å²) in [5.74, 6) is 0.880. The van der Waals surface area contributed by atoms with Gasteiger partial charge >= 0.3 is 0 Å². The summed E-state index contributed by atoms with van der Waals surface area (Å²) >= 11 is 10.7. The predicted octanol–water partition coefficient (Wildman–Crippen LogP) is 8.37. The van der Waals surface area contributed by atoms with Crippen molar-refractivity contribution in [3.63, 3.8) is 0 Å². The molecular formula is C26H31ClOS2Si. The topological polar surface area (TPSA) is 9.23 Å². The Bertz CT molecular complexity index is 1060. The first kappa shape index (κ1) is 22.8. The predicted molar refractivity (Wildman–Crippen MR) is 142 cm³/mol. The minimum atomic E-state index is -2.08. The molecule has 0 atom stereocenters. The van der Waals surface area contributed by atoms with E-state index in [2.05, 4.69) is 76.2 Å². The summed E-state index contributed by atoms with van der Waals surface area (Å²) in [7, 11) is -2.08. The SMILES string of the molecule is C=CCOc1c(Cl)cc(C(C)(C)C)cc1[Si](CC)(CC)C1c2ccsc2-c2sccc21. The molecule has 1 aromatic carbocycles. The monoisotopic (exact) mass is 486 g/mol. The Kier molecular flexibility index (Phi) is 6.30. The van der Waals surface area contributed by atoms with E-state index in [1.54, 1.807) is 0 Å². The van der Waals surface area contributed by atoms with E-state index in [1.165, 1.54) is 31.6 Å². The number of fused-ring (bicyclic) bond motifs is 3. The molecule has 0 fully saturated rings. The van der Waals surface area contributed by atoms with Crippen LogP contribution < -0.4 is 9.92 Å². The molecule has 0 saturated carbocycles. The second-order valence-corrected chi connectivity index (χ2v) is 16.5. The first-order chi connectivity index (χ1) is 14.8. The lowest BCUT2D eigenvalue weighted by molar-refractivity contribution is 0.365. The van der Waals surface area contributed by atoms with E-state index in [9.17, 15) is 0 Å². The first-order valence-corrected chi connectivity index (χ1v) is 15.6. The van der Waals surface area contributed by atoms with Gasteiger partial charge in [0.05, 0.1) is 5.02 Å². The Hall–Kier alpha value is -1.33. The van der Waals surface area contributed by atoms with Crippen LogP contribution >= 0.6 is 34.3 Å². The maximum Gasteiger partial charge on any atom is 0.137 e. The lowest BCUT2D eigenvalue weighted by atomic mass is 9.87. The average molecular weight is 487 g/mol. The van der Waals surface area contributed by atoms with Crippen LogP contribution in [0.25, 0.3) is 9.75 Å². The Morgan fingerprint density at radius 3 is 2.13 bits per heavy atom. The molecule has 0 unspecified atom stereocenters. The van der Waals surface area contributed by atoms with E-state index in [-0.39, 0.29) is 5.41 Å². The van der Waals surface area contributed by atoms with Crippen LogP contribution in [0, 0.1) is 0 Å². The van der Waals surface area contributed by atoms with Gasteiger partial charge in [0, 0.05) is 15.3 Å². The van der Waals surface area contributed by atoms with Gasteiger partial charge in [0.1, 0.15) is 20.4 Å². The van der Waals surface area contributed by atoms with Crippen LogP contribution in [0.5, 0.6) is 5.75 Å². The van der Waals surface area contributed by atoms with E-state index in [0.717, 1.165) is 22.9 Å². The zero-order valence-electron chi connectivity index (χ0n) is 19.0. The smallest absolute Gasteiger partial charge is 0.137 e. The third-order valence-corrected chi connectivity index (χ3v) is 14.8. The van der Waals surface area contributed by atoms with Gasteiger partial charge in [0.15, 0.2) is 0 Å². The van der Waals surface area contributed by atoms with Gasteiger partial charge in [0.25, 0.3) is 0 Å². The molecule has 0 bridgehead atoms. The van der Waals surface area contributed by atoms with Gasteiger partial charge in [-0.2, -0.15) is 0 Å². The molecule has 0 amide bonds. The maximum absolute atomic E-state index is 6.93. The fourth-order valence-corrected chi connectivity index (χ4v) is 12.9. The van der Waals surface area contributed by atoms with E-state index < -0.39 is 8.07 Å². The molecule has 2 heterocycles. The number of thiophene rings is 2.